The summed E-state index contributed by atoms with van der Waals surface area (Å²) in [4.78, 5) is 30.4. The first-order valence-electron chi connectivity index (χ1n) is 8.15. The SMILES string of the molecule is CCOC(=O)c1csc(CN(CCCOC)C(=O)CC(C)(C)C)n1. The summed E-state index contributed by atoms with van der Waals surface area (Å²) in [6, 6.07) is 0. The lowest BCUT2D eigenvalue weighted by molar-refractivity contribution is -0.133. The molecule has 0 aliphatic heterocycles. The van der Waals surface area contributed by atoms with Crippen molar-refractivity contribution in [3.8, 4) is 0 Å². The molecule has 0 fully saturated rings. The van der Waals surface area contributed by atoms with E-state index >= 15 is 0 Å². The first kappa shape index (κ1) is 20.6. The molecule has 1 rings (SSSR count). The number of esters is 1. The number of carbonyl (C=O) groups is 2. The molecule has 0 spiro atoms. The molecule has 0 radical (unpaired) electrons. The average molecular weight is 356 g/mol. The van der Waals surface area contributed by atoms with Gasteiger partial charge in [0.2, 0.25) is 5.91 Å². The van der Waals surface area contributed by atoms with Crippen LogP contribution in [0, 0.1) is 5.41 Å². The summed E-state index contributed by atoms with van der Waals surface area (Å²) in [6.07, 6.45) is 1.23. The zero-order valence-electron chi connectivity index (χ0n) is 15.3. The van der Waals surface area contributed by atoms with Gasteiger partial charge in [-0.25, -0.2) is 9.78 Å². The van der Waals surface area contributed by atoms with Gasteiger partial charge in [0.25, 0.3) is 0 Å². The molecule has 1 amide bonds. The largest absolute Gasteiger partial charge is 0.461 e. The summed E-state index contributed by atoms with van der Waals surface area (Å²) in [5.74, 6) is -0.335. The summed E-state index contributed by atoms with van der Waals surface area (Å²) >= 11 is 1.37. The lowest BCUT2D eigenvalue weighted by Gasteiger charge is -2.26. The van der Waals surface area contributed by atoms with E-state index in [2.05, 4.69) is 4.98 Å². The molecule has 0 bridgehead atoms. The van der Waals surface area contributed by atoms with Crippen molar-refractivity contribution in [2.75, 3.05) is 26.9 Å². The van der Waals surface area contributed by atoms with Crippen LogP contribution in [0.2, 0.25) is 0 Å². The smallest absolute Gasteiger partial charge is 0.357 e. The Hall–Kier alpha value is -1.47. The molecule has 0 aliphatic carbocycles. The topological polar surface area (TPSA) is 68.7 Å². The van der Waals surface area contributed by atoms with Crippen LogP contribution in [0.4, 0.5) is 0 Å². The molecule has 0 unspecified atom stereocenters. The van der Waals surface area contributed by atoms with Crippen LogP contribution < -0.4 is 0 Å². The predicted octanol–water partition coefficient (Wildman–Crippen LogP) is 3.12. The molecule has 0 saturated carbocycles. The zero-order chi connectivity index (χ0) is 18.2. The van der Waals surface area contributed by atoms with Crippen molar-refractivity contribution in [2.24, 2.45) is 5.41 Å². The van der Waals surface area contributed by atoms with Gasteiger partial charge in [-0.15, -0.1) is 11.3 Å². The van der Waals surface area contributed by atoms with Gasteiger partial charge in [0, 0.05) is 32.1 Å². The van der Waals surface area contributed by atoms with Gasteiger partial charge in [-0.3, -0.25) is 4.79 Å². The van der Waals surface area contributed by atoms with E-state index in [1.54, 1.807) is 24.3 Å². The van der Waals surface area contributed by atoms with Crippen molar-refractivity contribution in [3.05, 3.63) is 16.1 Å². The van der Waals surface area contributed by atoms with Gasteiger partial charge in [-0.05, 0) is 18.8 Å². The highest BCUT2D eigenvalue weighted by atomic mass is 32.1. The Labute approximate surface area is 148 Å². The molecule has 1 aromatic heterocycles. The Morgan fingerprint density at radius 3 is 2.62 bits per heavy atom. The maximum absolute atomic E-state index is 12.6. The number of ether oxygens (including phenoxy) is 2. The fourth-order valence-corrected chi connectivity index (χ4v) is 2.88. The van der Waals surface area contributed by atoms with E-state index in [0.29, 0.717) is 38.4 Å². The van der Waals surface area contributed by atoms with Crippen LogP contribution >= 0.6 is 11.3 Å². The second kappa shape index (κ2) is 9.74. The average Bonchev–Trinajstić information content (AvgIpc) is 2.93. The Kier molecular flexibility index (Phi) is 8.35. The van der Waals surface area contributed by atoms with E-state index < -0.39 is 5.97 Å². The van der Waals surface area contributed by atoms with E-state index in [4.69, 9.17) is 9.47 Å². The number of rotatable bonds is 9. The number of aromatic nitrogens is 1. The van der Waals surface area contributed by atoms with E-state index in [1.165, 1.54) is 11.3 Å². The van der Waals surface area contributed by atoms with Crippen molar-refractivity contribution in [2.45, 2.75) is 47.1 Å². The minimum Gasteiger partial charge on any atom is -0.461 e. The zero-order valence-corrected chi connectivity index (χ0v) is 16.1. The molecular weight excluding hydrogens is 328 g/mol. The number of amides is 1. The predicted molar refractivity (Wildman–Crippen MR) is 94.1 cm³/mol. The Balaban J connectivity index is 2.76. The Bertz CT molecular complexity index is 537. The van der Waals surface area contributed by atoms with Crippen molar-refractivity contribution in [1.29, 1.82) is 0 Å². The standard InChI is InChI=1S/C17H28N2O4S/c1-6-23-16(21)13-12-24-14(18-13)11-19(8-7-9-22-5)15(20)10-17(2,3)4/h12H,6-11H2,1-5H3. The van der Waals surface area contributed by atoms with E-state index in [1.807, 2.05) is 20.8 Å². The molecular formula is C17H28N2O4S. The molecule has 0 aromatic carbocycles. The van der Waals surface area contributed by atoms with Gasteiger partial charge >= 0.3 is 5.97 Å². The quantitative estimate of drug-likeness (QED) is 0.502. The van der Waals surface area contributed by atoms with Gasteiger partial charge in [0.05, 0.1) is 13.2 Å². The minimum absolute atomic E-state index is 0.0738. The van der Waals surface area contributed by atoms with Crippen LogP contribution in [0.3, 0.4) is 0 Å². The normalized spacial score (nSPS) is 11.4. The first-order valence-corrected chi connectivity index (χ1v) is 9.03. The molecule has 6 nitrogen and oxygen atoms in total. The third kappa shape index (κ3) is 7.40. The van der Waals surface area contributed by atoms with Gasteiger partial charge in [0.1, 0.15) is 5.01 Å². The van der Waals surface area contributed by atoms with Crippen LogP contribution in [-0.4, -0.2) is 48.6 Å². The number of carbonyl (C=O) groups excluding carboxylic acids is 2. The van der Waals surface area contributed by atoms with Crippen LogP contribution in [-0.2, 0) is 20.8 Å². The van der Waals surface area contributed by atoms with Crippen molar-refractivity contribution < 1.29 is 19.1 Å². The fourth-order valence-electron chi connectivity index (χ4n) is 2.10. The number of hydrogen-bond donors (Lipinski definition) is 0. The van der Waals surface area contributed by atoms with Gasteiger partial charge < -0.3 is 14.4 Å². The monoisotopic (exact) mass is 356 g/mol. The third-order valence-electron chi connectivity index (χ3n) is 3.17. The second-order valence-electron chi connectivity index (χ2n) is 6.75. The molecule has 0 saturated heterocycles. The number of methoxy groups -OCH3 is 1. The summed E-state index contributed by atoms with van der Waals surface area (Å²) in [7, 11) is 1.65. The van der Waals surface area contributed by atoms with Crippen molar-refractivity contribution in [1.82, 2.24) is 9.88 Å². The summed E-state index contributed by atoms with van der Waals surface area (Å²) < 4.78 is 10.0. The molecule has 0 N–H and O–H groups in total. The van der Waals surface area contributed by atoms with Crippen molar-refractivity contribution >= 4 is 23.2 Å². The molecule has 0 aliphatic rings. The minimum atomic E-state index is -0.424. The fraction of sp³-hybridized carbons (Fsp3) is 0.706. The highest BCUT2D eigenvalue weighted by Crippen LogP contribution is 2.21. The van der Waals surface area contributed by atoms with Crippen molar-refractivity contribution in [3.63, 3.8) is 0 Å². The van der Waals surface area contributed by atoms with Crippen LogP contribution in [0.25, 0.3) is 0 Å². The second-order valence-corrected chi connectivity index (χ2v) is 7.69. The number of hydrogen-bond acceptors (Lipinski definition) is 6. The lowest BCUT2D eigenvalue weighted by Crippen LogP contribution is -2.34. The number of nitrogens with zero attached hydrogens (tertiary/aromatic N) is 2. The summed E-state index contributed by atoms with van der Waals surface area (Å²) in [5, 5.41) is 2.41. The maximum Gasteiger partial charge on any atom is 0.357 e. The third-order valence-corrected chi connectivity index (χ3v) is 4.01. The maximum atomic E-state index is 12.6. The van der Waals surface area contributed by atoms with Crippen LogP contribution in [0.15, 0.2) is 5.38 Å². The molecule has 7 heteroatoms. The number of thiazole rings is 1. The first-order chi connectivity index (χ1) is 11.3. The van der Waals surface area contributed by atoms with Crippen LogP contribution in [0.5, 0.6) is 0 Å². The van der Waals surface area contributed by atoms with Gasteiger partial charge in [0.15, 0.2) is 5.69 Å². The molecule has 1 aromatic rings. The van der Waals surface area contributed by atoms with E-state index in [9.17, 15) is 9.59 Å². The Morgan fingerprint density at radius 2 is 2.04 bits per heavy atom. The lowest BCUT2D eigenvalue weighted by atomic mass is 9.91. The molecule has 1 heterocycles. The molecule has 24 heavy (non-hydrogen) atoms. The highest BCUT2D eigenvalue weighted by molar-refractivity contribution is 7.09. The van der Waals surface area contributed by atoms with Gasteiger partial charge in [-0.2, -0.15) is 0 Å². The summed E-state index contributed by atoms with van der Waals surface area (Å²) in [5.41, 5.74) is 0.229. The molecule has 0 atom stereocenters. The van der Waals surface area contributed by atoms with Crippen LogP contribution in [0.1, 0.15) is 56.0 Å². The van der Waals surface area contributed by atoms with E-state index in [-0.39, 0.29) is 11.3 Å². The molecule has 136 valence electrons. The van der Waals surface area contributed by atoms with E-state index in [0.717, 1.165) is 11.4 Å². The highest BCUT2D eigenvalue weighted by Gasteiger charge is 2.22. The Morgan fingerprint density at radius 1 is 1.33 bits per heavy atom. The van der Waals surface area contributed by atoms with Gasteiger partial charge in [-0.1, -0.05) is 20.8 Å². The summed E-state index contributed by atoms with van der Waals surface area (Å²) in [6.45, 7) is 9.82.